The third-order valence-corrected chi connectivity index (χ3v) is 2.97. The number of rotatable bonds is 4. The summed E-state index contributed by atoms with van der Waals surface area (Å²) in [5.41, 5.74) is 7.44. The quantitative estimate of drug-likeness (QED) is 0.879. The molecule has 1 aromatic carbocycles. The molecule has 1 heterocycles. The summed E-state index contributed by atoms with van der Waals surface area (Å²) in [5.74, 6) is 0.713. The van der Waals surface area contributed by atoms with Crippen molar-refractivity contribution in [3.05, 3.63) is 58.3 Å². The van der Waals surface area contributed by atoms with Gasteiger partial charge in [-0.3, -0.25) is 4.98 Å². The highest BCUT2D eigenvalue weighted by Gasteiger charge is 2.00. The number of ether oxygens (including phenoxy) is 1. The van der Waals surface area contributed by atoms with Crippen molar-refractivity contribution < 1.29 is 4.74 Å². The number of nitrogens with two attached hydrogens (primary N) is 1. The number of pyridine rings is 1. The van der Waals surface area contributed by atoms with Crippen LogP contribution in [0.2, 0.25) is 0 Å². The molecule has 0 fully saturated rings. The van der Waals surface area contributed by atoms with Gasteiger partial charge in [-0.25, -0.2) is 0 Å². The third kappa shape index (κ3) is 3.51. The summed E-state index contributed by atoms with van der Waals surface area (Å²) in [4.78, 5) is 4.42. The van der Waals surface area contributed by atoms with Crippen molar-refractivity contribution in [3.63, 3.8) is 0 Å². The highest BCUT2D eigenvalue weighted by Crippen LogP contribution is 2.17. The lowest BCUT2D eigenvalue weighted by Gasteiger charge is -2.07. The topological polar surface area (TPSA) is 48.1 Å². The molecule has 0 saturated carbocycles. The Bertz CT molecular complexity index is 574. The van der Waals surface area contributed by atoms with Gasteiger partial charge in [-0.15, -0.1) is 0 Å². The molecule has 0 saturated heterocycles. The molecule has 2 N–H and O–H groups in total. The number of aromatic nitrogens is 1. The van der Waals surface area contributed by atoms with Crippen molar-refractivity contribution in [2.75, 3.05) is 0 Å². The van der Waals surface area contributed by atoms with E-state index in [0.717, 1.165) is 15.6 Å². The van der Waals surface area contributed by atoms with Crippen LogP contribution in [0.5, 0.6) is 5.75 Å². The van der Waals surface area contributed by atoms with Crippen molar-refractivity contribution in [1.82, 2.24) is 4.98 Å². The first-order valence-corrected chi connectivity index (χ1v) is 6.47. The van der Waals surface area contributed by atoms with Gasteiger partial charge in [-0.05, 0) is 33.6 Å². The molecule has 0 atom stereocenters. The molecule has 0 aliphatic carbocycles. The number of hydrogen-bond donors (Lipinski definition) is 1. The van der Waals surface area contributed by atoms with Crippen LogP contribution in [0, 0.1) is 0 Å². The maximum Gasteiger partial charge on any atom is 0.139 e. The predicted molar refractivity (Wildman–Crippen MR) is 78.6 cm³/mol. The average molecular weight is 323 g/mol. The minimum absolute atomic E-state index is 0.390. The van der Waals surface area contributed by atoms with Crippen molar-refractivity contribution >= 4 is 33.1 Å². The Hall–Kier alpha value is -1.46. The SMILES string of the molecule is NC(=S)c1cccc(COc2cncc(Br)c2)c1. The lowest BCUT2D eigenvalue weighted by Crippen LogP contribution is -2.09. The Kier molecular flexibility index (Phi) is 4.28. The number of thiocarbonyl (C=S) groups is 1. The van der Waals surface area contributed by atoms with E-state index < -0.39 is 0 Å². The van der Waals surface area contributed by atoms with Gasteiger partial charge in [0.25, 0.3) is 0 Å². The molecule has 0 unspecified atom stereocenters. The Morgan fingerprint density at radius 1 is 1.33 bits per heavy atom. The smallest absolute Gasteiger partial charge is 0.139 e. The van der Waals surface area contributed by atoms with Crippen LogP contribution in [-0.4, -0.2) is 9.97 Å². The molecule has 2 aromatic rings. The molecule has 0 aliphatic rings. The van der Waals surface area contributed by atoms with Crippen LogP contribution < -0.4 is 10.5 Å². The monoisotopic (exact) mass is 322 g/mol. The second-order valence-electron chi connectivity index (χ2n) is 3.69. The molecule has 0 aliphatic heterocycles. The fourth-order valence-electron chi connectivity index (χ4n) is 1.45. The van der Waals surface area contributed by atoms with Crippen LogP contribution in [0.15, 0.2) is 47.2 Å². The molecule has 0 radical (unpaired) electrons. The van der Waals surface area contributed by atoms with Crippen molar-refractivity contribution in [2.24, 2.45) is 5.73 Å². The van der Waals surface area contributed by atoms with Crippen molar-refractivity contribution in [2.45, 2.75) is 6.61 Å². The normalized spacial score (nSPS) is 10.1. The lowest BCUT2D eigenvalue weighted by atomic mass is 10.1. The molecule has 18 heavy (non-hydrogen) atoms. The number of hydrogen-bond acceptors (Lipinski definition) is 3. The van der Waals surface area contributed by atoms with Crippen LogP contribution >= 0.6 is 28.1 Å². The summed E-state index contributed by atoms with van der Waals surface area (Å²) in [7, 11) is 0. The fraction of sp³-hybridized carbons (Fsp3) is 0.0769. The van der Waals surface area contributed by atoms with Crippen LogP contribution in [0.25, 0.3) is 0 Å². The maximum atomic E-state index is 5.63. The van der Waals surface area contributed by atoms with Gasteiger partial charge < -0.3 is 10.5 Å². The predicted octanol–water partition coefficient (Wildman–Crippen LogP) is 3.06. The van der Waals surface area contributed by atoms with E-state index in [4.69, 9.17) is 22.7 Å². The van der Waals surface area contributed by atoms with E-state index in [2.05, 4.69) is 20.9 Å². The lowest BCUT2D eigenvalue weighted by molar-refractivity contribution is 0.305. The Morgan fingerprint density at radius 2 is 2.17 bits per heavy atom. The molecule has 3 nitrogen and oxygen atoms in total. The van der Waals surface area contributed by atoms with Crippen molar-refractivity contribution in [1.29, 1.82) is 0 Å². The number of nitrogens with zero attached hydrogens (tertiary/aromatic N) is 1. The summed E-state index contributed by atoms with van der Waals surface area (Å²) < 4.78 is 6.52. The minimum atomic E-state index is 0.390. The molecule has 0 spiro atoms. The fourth-order valence-corrected chi connectivity index (χ4v) is 1.92. The number of benzene rings is 1. The second-order valence-corrected chi connectivity index (χ2v) is 5.05. The number of halogens is 1. The van der Waals surface area contributed by atoms with E-state index in [-0.39, 0.29) is 0 Å². The van der Waals surface area contributed by atoms with Crippen LogP contribution in [-0.2, 0) is 6.61 Å². The van der Waals surface area contributed by atoms with Crippen LogP contribution in [0.1, 0.15) is 11.1 Å². The van der Waals surface area contributed by atoms with E-state index >= 15 is 0 Å². The van der Waals surface area contributed by atoms with Crippen molar-refractivity contribution in [3.8, 4) is 5.75 Å². The molecular weight excluding hydrogens is 312 g/mol. The second kappa shape index (κ2) is 5.93. The Labute approximate surface area is 119 Å². The summed E-state index contributed by atoms with van der Waals surface area (Å²) in [6.07, 6.45) is 3.38. The Morgan fingerprint density at radius 3 is 2.89 bits per heavy atom. The first-order chi connectivity index (χ1) is 8.65. The molecule has 0 bridgehead atoms. The summed E-state index contributed by atoms with van der Waals surface area (Å²) in [6.45, 7) is 0.453. The minimum Gasteiger partial charge on any atom is -0.487 e. The van der Waals surface area contributed by atoms with Gasteiger partial charge in [0.05, 0.1) is 6.20 Å². The van der Waals surface area contributed by atoms with E-state index in [0.29, 0.717) is 17.3 Å². The van der Waals surface area contributed by atoms with E-state index in [1.165, 1.54) is 0 Å². The third-order valence-electron chi connectivity index (χ3n) is 2.30. The molecule has 0 amide bonds. The van der Waals surface area contributed by atoms with Gasteiger partial charge in [0.2, 0.25) is 0 Å². The zero-order valence-corrected chi connectivity index (χ0v) is 11.9. The zero-order chi connectivity index (χ0) is 13.0. The van der Waals surface area contributed by atoms with Gasteiger partial charge in [0, 0.05) is 16.2 Å². The molecule has 5 heteroatoms. The highest BCUT2D eigenvalue weighted by atomic mass is 79.9. The van der Waals surface area contributed by atoms with Gasteiger partial charge in [-0.1, -0.05) is 30.4 Å². The van der Waals surface area contributed by atoms with E-state index in [9.17, 15) is 0 Å². The maximum absolute atomic E-state index is 5.63. The molecule has 2 rings (SSSR count). The van der Waals surface area contributed by atoms with Gasteiger partial charge in [0.1, 0.15) is 17.3 Å². The van der Waals surface area contributed by atoms with E-state index in [1.54, 1.807) is 12.4 Å². The standard InChI is InChI=1S/C13H11BrN2OS/c14-11-5-12(7-16-6-11)17-8-9-2-1-3-10(4-9)13(15)18/h1-7H,8H2,(H2,15,18). The molecular formula is C13H11BrN2OS. The van der Waals surface area contributed by atoms with Gasteiger partial charge in [-0.2, -0.15) is 0 Å². The van der Waals surface area contributed by atoms with E-state index in [1.807, 2.05) is 30.3 Å². The van der Waals surface area contributed by atoms with Crippen LogP contribution in [0.3, 0.4) is 0 Å². The summed E-state index contributed by atoms with van der Waals surface area (Å²) in [6, 6.07) is 9.55. The Balaban J connectivity index is 2.06. The average Bonchev–Trinajstić information content (AvgIpc) is 2.37. The first-order valence-electron chi connectivity index (χ1n) is 5.27. The van der Waals surface area contributed by atoms with Gasteiger partial charge >= 0.3 is 0 Å². The summed E-state index contributed by atoms with van der Waals surface area (Å²) >= 11 is 8.28. The largest absolute Gasteiger partial charge is 0.487 e. The summed E-state index contributed by atoms with van der Waals surface area (Å²) in [5, 5.41) is 0. The molecule has 92 valence electrons. The highest BCUT2D eigenvalue weighted by molar-refractivity contribution is 9.10. The zero-order valence-electron chi connectivity index (χ0n) is 9.47. The molecule has 1 aromatic heterocycles. The first kappa shape index (κ1) is 13.0. The van der Waals surface area contributed by atoms with Gasteiger partial charge in [0.15, 0.2) is 0 Å². The van der Waals surface area contributed by atoms with Crippen LogP contribution in [0.4, 0.5) is 0 Å².